The summed E-state index contributed by atoms with van der Waals surface area (Å²) in [6.07, 6.45) is 2.37. The predicted octanol–water partition coefficient (Wildman–Crippen LogP) is 0.944. The number of rotatable bonds is 7. The fraction of sp³-hybridized carbons (Fsp3) is 0.529. The number of guanidine groups is 1. The molecule has 24 heavy (non-hydrogen) atoms. The Balaban J connectivity index is 1.67. The number of halogens is 1. The molecule has 0 spiro atoms. The van der Waals surface area contributed by atoms with Crippen LogP contribution in [0.3, 0.4) is 0 Å². The highest BCUT2D eigenvalue weighted by atomic mass is 19.1. The molecule has 1 aliphatic rings. The van der Waals surface area contributed by atoms with Crippen LogP contribution in [0.4, 0.5) is 4.39 Å². The van der Waals surface area contributed by atoms with Crippen molar-refractivity contribution in [2.45, 2.75) is 25.8 Å². The molecule has 4 N–H and O–H groups in total. The molecule has 1 aromatic rings. The van der Waals surface area contributed by atoms with Crippen LogP contribution in [0.25, 0.3) is 0 Å². The molecule has 0 aliphatic carbocycles. The maximum absolute atomic E-state index is 13.5. The minimum Gasteiger partial charge on any atom is -0.370 e. The van der Waals surface area contributed by atoms with E-state index in [-0.39, 0.29) is 5.56 Å². The zero-order chi connectivity index (χ0) is 17.4. The third-order valence-electron chi connectivity index (χ3n) is 4.21. The van der Waals surface area contributed by atoms with Gasteiger partial charge in [-0.2, -0.15) is 0 Å². The van der Waals surface area contributed by atoms with Crippen molar-refractivity contribution < 1.29 is 9.18 Å². The second-order valence-corrected chi connectivity index (χ2v) is 5.81. The van der Waals surface area contributed by atoms with Crippen molar-refractivity contribution in [3.63, 3.8) is 0 Å². The van der Waals surface area contributed by atoms with Gasteiger partial charge in [-0.15, -0.1) is 0 Å². The SMILES string of the molecule is CCN1CCCC1CN=C(N)NCCNC(=O)c1ccccc1F. The number of amides is 1. The highest BCUT2D eigenvalue weighted by Crippen LogP contribution is 2.16. The average Bonchev–Trinajstić information content (AvgIpc) is 3.04. The van der Waals surface area contributed by atoms with Gasteiger partial charge >= 0.3 is 0 Å². The Morgan fingerprint density at radius 2 is 2.12 bits per heavy atom. The van der Waals surface area contributed by atoms with E-state index in [1.165, 1.54) is 18.6 Å². The van der Waals surface area contributed by atoms with Crippen LogP contribution in [-0.4, -0.2) is 55.5 Å². The summed E-state index contributed by atoms with van der Waals surface area (Å²) in [5.74, 6) is -0.589. The molecule has 1 saturated heterocycles. The van der Waals surface area contributed by atoms with Crippen LogP contribution in [-0.2, 0) is 0 Å². The van der Waals surface area contributed by atoms with E-state index in [4.69, 9.17) is 5.73 Å². The van der Waals surface area contributed by atoms with Gasteiger partial charge < -0.3 is 16.4 Å². The lowest BCUT2D eigenvalue weighted by Crippen LogP contribution is -2.39. The molecule has 7 heteroatoms. The zero-order valence-corrected chi connectivity index (χ0v) is 14.1. The van der Waals surface area contributed by atoms with Crippen molar-refractivity contribution in [2.24, 2.45) is 10.7 Å². The van der Waals surface area contributed by atoms with Crippen molar-refractivity contribution in [1.82, 2.24) is 15.5 Å². The minimum atomic E-state index is -0.527. The van der Waals surface area contributed by atoms with E-state index < -0.39 is 11.7 Å². The summed E-state index contributed by atoms with van der Waals surface area (Å²) >= 11 is 0. The molecule has 0 bridgehead atoms. The Morgan fingerprint density at radius 3 is 2.88 bits per heavy atom. The first kappa shape index (κ1) is 18.2. The molecular weight excluding hydrogens is 309 g/mol. The monoisotopic (exact) mass is 335 g/mol. The number of aliphatic imine (C=N–C) groups is 1. The number of carbonyl (C=O) groups is 1. The number of nitrogens with one attached hydrogen (secondary N) is 2. The Morgan fingerprint density at radius 1 is 1.38 bits per heavy atom. The summed E-state index contributed by atoms with van der Waals surface area (Å²) in [4.78, 5) is 18.6. The Labute approximate surface area is 142 Å². The Kier molecular flexibility index (Phi) is 6.99. The second-order valence-electron chi connectivity index (χ2n) is 5.81. The highest BCUT2D eigenvalue weighted by Gasteiger charge is 2.22. The van der Waals surface area contributed by atoms with Crippen LogP contribution in [0.15, 0.2) is 29.3 Å². The molecule has 0 radical (unpaired) electrons. The smallest absolute Gasteiger partial charge is 0.254 e. The first-order valence-corrected chi connectivity index (χ1v) is 8.42. The molecule has 2 rings (SSSR count). The fourth-order valence-electron chi connectivity index (χ4n) is 2.89. The molecular formula is C17H26FN5O. The maximum atomic E-state index is 13.5. The topological polar surface area (TPSA) is 82.8 Å². The first-order chi connectivity index (χ1) is 11.6. The van der Waals surface area contributed by atoms with Gasteiger partial charge in [0.2, 0.25) is 0 Å². The van der Waals surface area contributed by atoms with Gasteiger partial charge in [0.25, 0.3) is 5.91 Å². The lowest BCUT2D eigenvalue weighted by Gasteiger charge is -2.20. The summed E-state index contributed by atoms with van der Waals surface area (Å²) in [5, 5.41) is 5.61. The van der Waals surface area contributed by atoms with Crippen molar-refractivity contribution in [3.8, 4) is 0 Å². The number of hydrogen-bond donors (Lipinski definition) is 3. The Hall–Kier alpha value is -2.15. The van der Waals surface area contributed by atoms with E-state index in [0.717, 1.165) is 19.5 Å². The van der Waals surface area contributed by atoms with Crippen LogP contribution < -0.4 is 16.4 Å². The van der Waals surface area contributed by atoms with E-state index in [1.807, 2.05) is 0 Å². The predicted molar refractivity (Wildman–Crippen MR) is 93.5 cm³/mol. The lowest BCUT2D eigenvalue weighted by molar-refractivity contribution is 0.0950. The van der Waals surface area contributed by atoms with Gasteiger partial charge in [0.15, 0.2) is 5.96 Å². The molecule has 1 heterocycles. The molecule has 1 atom stereocenters. The molecule has 1 aliphatic heterocycles. The van der Waals surface area contributed by atoms with Gasteiger partial charge in [-0.25, -0.2) is 4.39 Å². The van der Waals surface area contributed by atoms with Crippen molar-refractivity contribution in [1.29, 1.82) is 0 Å². The van der Waals surface area contributed by atoms with E-state index in [9.17, 15) is 9.18 Å². The highest BCUT2D eigenvalue weighted by molar-refractivity contribution is 5.94. The summed E-state index contributed by atoms with van der Waals surface area (Å²) in [5.41, 5.74) is 5.88. The number of likely N-dealkylation sites (N-methyl/N-ethyl adjacent to an activating group) is 1. The van der Waals surface area contributed by atoms with Crippen LogP contribution >= 0.6 is 0 Å². The quantitative estimate of drug-likeness (QED) is 0.393. The number of likely N-dealkylation sites (tertiary alicyclic amines) is 1. The molecule has 132 valence electrons. The lowest BCUT2D eigenvalue weighted by atomic mass is 10.2. The van der Waals surface area contributed by atoms with Gasteiger partial charge in [0.05, 0.1) is 12.1 Å². The second kappa shape index (κ2) is 9.22. The fourth-order valence-corrected chi connectivity index (χ4v) is 2.89. The van der Waals surface area contributed by atoms with Gasteiger partial charge in [-0.05, 0) is 38.1 Å². The maximum Gasteiger partial charge on any atom is 0.254 e. The van der Waals surface area contributed by atoms with Crippen LogP contribution in [0.1, 0.15) is 30.1 Å². The molecule has 1 unspecified atom stereocenters. The molecule has 6 nitrogen and oxygen atoms in total. The largest absolute Gasteiger partial charge is 0.370 e. The summed E-state index contributed by atoms with van der Waals surface area (Å²) in [6.45, 7) is 5.80. The average molecular weight is 335 g/mol. The van der Waals surface area contributed by atoms with Gasteiger partial charge in [0.1, 0.15) is 5.82 Å². The molecule has 1 amide bonds. The van der Waals surface area contributed by atoms with Gasteiger partial charge in [0, 0.05) is 19.1 Å². The normalized spacial score (nSPS) is 18.6. The van der Waals surface area contributed by atoms with Crippen molar-refractivity contribution in [3.05, 3.63) is 35.6 Å². The third kappa shape index (κ3) is 5.19. The third-order valence-corrected chi connectivity index (χ3v) is 4.21. The van der Waals surface area contributed by atoms with Crippen molar-refractivity contribution in [2.75, 3.05) is 32.7 Å². The summed E-state index contributed by atoms with van der Waals surface area (Å²) < 4.78 is 13.5. The summed E-state index contributed by atoms with van der Waals surface area (Å²) in [6, 6.07) is 6.37. The van der Waals surface area contributed by atoms with E-state index in [2.05, 4.69) is 27.4 Å². The minimum absolute atomic E-state index is 0.0417. The molecule has 1 fully saturated rings. The number of benzene rings is 1. The zero-order valence-electron chi connectivity index (χ0n) is 14.1. The van der Waals surface area contributed by atoms with Gasteiger partial charge in [-0.1, -0.05) is 19.1 Å². The summed E-state index contributed by atoms with van der Waals surface area (Å²) in [7, 11) is 0. The molecule has 1 aromatic carbocycles. The number of hydrogen-bond acceptors (Lipinski definition) is 3. The standard InChI is InChI=1S/C17H26FN5O/c1-2-23-11-5-6-13(23)12-22-17(19)21-10-9-20-16(24)14-7-3-4-8-15(14)18/h3-4,7-8,13H,2,5-6,9-12H2,1H3,(H,20,24)(H3,19,21,22). The Bertz CT molecular complexity index is 578. The van der Waals surface area contributed by atoms with Gasteiger partial charge in [-0.3, -0.25) is 14.7 Å². The van der Waals surface area contributed by atoms with E-state index in [1.54, 1.807) is 12.1 Å². The van der Waals surface area contributed by atoms with E-state index >= 15 is 0 Å². The number of nitrogens with zero attached hydrogens (tertiary/aromatic N) is 2. The van der Waals surface area contributed by atoms with Crippen LogP contribution in [0.5, 0.6) is 0 Å². The van der Waals surface area contributed by atoms with Crippen molar-refractivity contribution >= 4 is 11.9 Å². The molecule has 0 saturated carbocycles. The number of nitrogens with two attached hydrogens (primary N) is 1. The van der Waals surface area contributed by atoms with E-state index in [0.29, 0.717) is 31.6 Å². The first-order valence-electron chi connectivity index (χ1n) is 8.42. The number of carbonyl (C=O) groups excluding carboxylic acids is 1. The van der Waals surface area contributed by atoms with Crippen LogP contribution in [0, 0.1) is 5.82 Å². The van der Waals surface area contributed by atoms with Crippen LogP contribution in [0.2, 0.25) is 0 Å². The molecule has 0 aromatic heterocycles.